The normalized spacial score (nSPS) is 14.8. The van der Waals surface area contributed by atoms with Gasteiger partial charge in [-0.25, -0.2) is 0 Å². The van der Waals surface area contributed by atoms with Gasteiger partial charge >= 0.3 is 293 Å². The summed E-state index contributed by atoms with van der Waals surface area (Å²) in [6.07, 6.45) is 8.54. The fourth-order valence-electron chi connectivity index (χ4n) is 8.78. The van der Waals surface area contributed by atoms with Gasteiger partial charge < -0.3 is 0 Å². The van der Waals surface area contributed by atoms with Gasteiger partial charge in [0.15, 0.2) is 0 Å². The Labute approximate surface area is 291 Å². The van der Waals surface area contributed by atoms with Crippen LogP contribution in [-0.2, 0) is 26.7 Å². The van der Waals surface area contributed by atoms with Crippen molar-refractivity contribution in [1.82, 2.24) is 0 Å². The van der Waals surface area contributed by atoms with E-state index in [9.17, 15) is 0 Å². The molecule has 0 aliphatic heterocycles. The van der Waals surface area contributed by atoms with Crippen LogP contribution in [0.25, 0.3) is 38.6 Å². The van der Waals surface area contributed by atoms with Crippen molar-refractivity contribution < 1.29 is 34.5 Å². The molecule has 0 saturated carbocycles. The fourth-order valence-corrected chi connectivity index (χ4v) is 24.4. The third-order valence-electron chi connectivity index (χ3n) is 11.1. The molecule has 48 heavy (non-hydrogen) atoms. The van der Waals surface area contributed by atoms with Crippen LogP contribution < -0.4 is 17.5 Å². The topological polar surface area (TPSA) is 27.7 Å². The number of allylic oxidation sites excluding steroid dienone is 2. The summed E-state index contributed by atoms with van der Waals surface area (Å²) in [5, 5.41) is 2.60. The zero-order valence-corrected chi connectivity index (χ0v) is 31.9. The molecule has 0 aromatic heterocycles. The Morgan fingerprint density at radius 2 is 1.50 bits per heavy atom. The molecule has 1 atom stereocenters. The third-order valence-corrected chi connectivity index (χ3v) is 25.1. The number of ether oxygens (including phenoxy) is 3. The van der Waals surface area contributed by atoms with Crippen molar-refractivity contribution in [3.8, 4) is 39.5 Å². The molecule has 3 nitrogen and oxygen atoms in total. The van der Waals surface area contributed by atoms with Crippen LogP contribution in [-0.4, -0.2) is 21.3 Å². The summed E-state index contributed by atoms with van der Waals surface area (Å²) >= 11 is -3.36. The quantitative estimate of drug-likeness (QED) is 0.126. The Morgan fingerprint density at radius 1 is 0.729 bits per heavy atom. The first kappa shape index (κ1) is 32.9. The van der Waals surface area contributed by atoms with Crippen molar-refractivity contribution in [3.63, 3.8) is 0 Å². The molecule has 0 fully saturated rings. The molecular weight excluding hydrogens is 668 g/mol. The van der Waals surface area contributed by atoms with Gasteiger partial charge in [-0.3, -0.25) is 0 Å². The van der Waals surface area contributed by atoms with E-state index in [4.69, 9.17) is 14.2 Å². The van der Waals surface area contributed by atoms with E-state index in [0.717, 1.165) is 23.7 Å². The van der Waals surface area contributed by atoms with Gasteiger partial charge in [-0.2, -0.15) is 0 Å². The Hall–Kier alpha value is -3.62. The summed E-state index contributed by atoms with van der Waals surface area (Å²) in [7, 11) is 5.35. The predicted octanol–water partition coefficient (Wildman–Crippen LogP) is 11.5. The van der Waals surface area contributed by atoms with Crippen LogP contribution in [0, 0.1) is 0 Å². The molecule has 0 radical (unpaired) electrons. The Morgan fingerprint density at radius 3 is 2.23 bits per heavy atom. The van der Waals surface area contributed by atoms with Crippen LogP contribution in [0.3, 0.4) is 0 Å². The van der Waals surface area contributed by atoms with Gasteiger partial charge in [0.2, 0.25) is 0 Å². The van der Waals surface area contributed by atoms with Crippen molar-refractivity contribution in [2.45, 2.75) is 64.8 Å². The Kier molecular flexibility index (Phi) is 9.40. The molecule has 7 rings (SSSR count). The Bertz CT molecular complexity index is 2010. The molecule has 4 heteroatoms. The zero-order chi connectivity index (χ0) is 33.4. The monoisotopic (exact) mass is 714 g/mol. The summed E-state index contributed by atoms with van der Waals surface area (Å²) < 4.78 is 22.8. The first-order valence-electron chi connectivity index (χ1n) is 17.7. The van der Waals surface area contributed by atoms with Crippen molar-refractivity contribution >= 4 is 19.6 Å². The summed E-state index contributed by atoms with van der Waals surface area (Å²) in [4.78, 5) is 0. The first-order valence-corrected chi connectivity index (χ1v) is 23.9. The van der Waals surface area contributed by atoms with E-state index in [1.165, 1.54) is 89.2 Å². The van der Waals surface area contributed by atoms with Gasteiger partial charge in [0, 0.05) is 0 Å². The second-order valence-electron chi connectivity index (χ2n) is 13.7. The van der Waals surface area contributed by atoms with Crippen LogP contribution in [0.1, 0.15) is 72.3 Å². The second-order valence-corrected chi connectivity index (χ2v) is 24.7. The molecule has 0 amide bonds. The van der Waals surface area contributed by atoms with Crippen molar-refractivity contribution in [2.75, 3.05) is 21.3 Å². The van der Waals surface area contributed by atoms with Crippen molar-refractivity contribution in [1.29, 1.82) is 0 Å². The van der Waals surface area contributed by atoms with Gasteiger partial charge in [-0.15, -0.1) is 0 Å². The fraction of sp³-hybridized carbons (Fsp3) is 0.318. The number of methoxy groups -OCH3 is 3. The average Bonchev–Trinajstić information content (AvgIpc) is 3.68. The van der Waals surface area contributed by atoms with E-state index in [1.54, 1.807) is 30.2 Å². The summed E-state index contributed by atoms with van der Waals surface area (Å²) in [5.74, 6) is 2.64. The Balaban J connectivity index is 1.44. The molecule has 0 saturated heterocycles. The van der Waals surface area contributed by atoms with Crippen molar-refractivity contribution in [2.24, 2.45) is 0 Å². The molecule has 0 spiro atoms. The number of hydrogen-bond donors (Lipinski definition) is 0. The molecule has 2 aliphatic carbocycles. The van der Waals surface area contributed by atoms with Crippen LogP contribution in [0.4, 0.5) is 0 Å². The van der Waals surface area contributed by atoms with E-state index in [1.807, 2.05) is 0 Å². The van der Waals surface area contributed by atoms with Gasteiger partial charge in [-0.05, 0) is 0 Å². The molecule has 0 heterocycles. The molecule has 5 aromatic rings. The van der Waals surface area contributed by atoms with Crippen LogP contribution in [0.15, 0.2) is 91.0 Å². The van der Waals surface area contributed by atoms with Crippen LogP contribution in [0.5, 0.6) is 17.2 Å². The van der Waals surface area contributed by atoms with Gasteiger partial charge in [0.05, 0.1) is 0 Å². The molecule has 246 valence electrons. The van der Waals surface area contributed by atoms with Crippen molar-refractivity contribution in [3.05, 3.63) is 113 Å². The van der Waals surface area contributed by atoms with E-state index in [2.05, 4.69) is 112 Å². The summed E-state index contributed by atoms with van der Waals surface area (Å²) in [6.45, 7) is 7.07. The summed E-state index contributed by atoms with van der Waals surface area (Å²) in [6, 6.07) is 31.8. The number of hydrogen-bond acceptors (Lipinski definition) is 3. The maximum atomic E-state index is 6.19. The zero-order valence-electron chi connectivity index (χ0n) is 29.4. The molecular formula is C44H48O3Zr. The van der Waals surface area contributed by atoms with Crippen LogP contribution in [0.2, 0.25) is 8.26 Å². The molecule has 0 N–H and O–H groups in total. The first-order chi connectivity index (χ1) is 23.5. The maximum absolute atomic E-state index is 6.19. The standard InChI is InChI=1S/C20H15.C16H15O3.2C4H9.Zr/c1-14-9-10-16-11-12-17(13-20(14)16)19-8-4-6-15-5-2-3-7-18(15)19;1-17-12-5-6-13-11(9-12)8-10-4-7-14(18-2)16(19-3)15(10)13;2*1-3-4-2;/h2-13H,1H3;5-7,9H,8H2,1-3H3;2*1,3-4H2,2H3;. The average molecular weight is 716 g/mol. The number of unbranched alkanes of at least 4 members (excludes halogenated alkanes) is 2. The number of rotatable bonds is 12. The minimum absolute atomic E-state index is 0.467. The molecule has 2 aliphatic rings. The van der Waals surface area contributed by atoms with Gasteiger partial charge in [0.1, 0.15) is 0 Å². The number of fused-ring (bicyclic) bond motifs is 5. The van der Waals surface area contributed by atoms with E-state index in [-0.39, 0.29) is 0 Å². The summed E-state index contributed by atoms with van der Waals surface area (Å²) in [5.41, 5.74) is 12.3. The van der Waals surface area contributed by atoms with Gasteiger partial charge in [0.25, 0.3) is 0 Å². The molecule has 1 unspecified atom stereocenters. The second kappa shape index (κ2) is 13.7. The molecule has 0 bridgehead atoms. The van der Waals surface area contributed by atoms with Crippen LogP contribution >= 0.6 is 0 Å². The third kappa shape index (κ3) is 5.45. The number of benzene rings is 5. The SMILES string of the molecule is CCC[CH2][Zr]([CH2]CCC)([c]1cc(OC)c(OC)c2c1Cc1cc(OC)ccc1-2)[CH]1C=C(C)c2cc(-c3cccc4ccccc34)ccc21. The molecule has 5 aromatic carbocycles. The van der Waals surface area contributed by atoms with E-state index >= 15 is 0 Å². The minimum atomic E-state index is -3.36. The van der Waals surface area contributed by atoms with E-state index in [0.29, 0.717) is 3.63 Å². The van der Waals surface area contributed by atoms with E-state index < -0.39 is 20.3 Å². The van der Waals surface area contributed by atoms with Gasteiger partial charge in [-0.1, -0.05) is 0 Å². The predicted molar refractivity (Wildman–Crippen MR) is 199 cm³/mol.